The van der Waals surface area contributed by atoms with Gasteiger partial charge in [0, 0.05) is 6.21 Å². The fourth-order valence-corrected chi connectivity index (χ4v) is 1.69. The topological polar surface area (TPSA) is 24.8 Å². The smallest absolute Gasteiger partial charge is 0.0659 e. The number of ether oxygens (including phenoxy) is 1. The summed E-state index contributed by atoms with van der Waals surface area (Å²) in [5.74, 6) is 0. The number of nitrogens with zero attached hydrogens (tertiary/aromatic N) is 2. The lowest BCUT2D eigenvalue weighted by Gasteiger charge is -2.23. The van der Waals surface area contributed by atoms with Crippen molar-refractivity contribution < 1.29 is 4.74 Å². The van der Waals surface area contributed by atoms with Crippen LogP contribution in [0.15, 0.2) is 41.0 Å². The van der Waals surface area contributed by atoms with E-state index in [1.54, 1.807) is 0 Å². The molecule has 0 N–H and O–H groups in total. The molecule has 1 heterocycles. The summed E-state index contributed by atoms with van der Waals surface area (Å²) in [5, 5.41) is 6.49. The minimum Gasteiger partial charge on any atom is -0.378 e. The van der Waals surface area contributed by atoms with Gasteiger partial charge in [0.25, 0.3) is 0 Å². The lowest BCUT2D eigenvalue weighted by Crippen LogP contribution is -2.32. The second-order valence-electron chi connectivity index (χ2n) is 4.11. The maximum atomic E-state index is 5.27. The molecule has 0 amide bonds. The Morgan fingerprint density at radius 1 is 1.24 bits per heavy atom. The van der Waals surface area contributed by atoms with Gasteiger partial charge < -0.3 is 4.74 Å². The van der Waals surface area contributed by atoms with E-state index < -0.39 is 0 Å². The van der Waals surface area contributed by atoms with E-state index in [1.807, 2.05) is 29.4 Å². The quantitative estimate of drug-likeness (QED) is 0.745. The summed E-state index contributed by atoms with van der Waals surface area (Å²) in [7, 11) is 0. The van der Waals surface area contributed by atoms with Gasteiger partial charge in [0.2, 0.25) is 0 Å². The van der Waals surface area contributed by atoms with E-state index in [0.717, 1.165) is 31.9 Å². The van der Waals surface area contributed by atoms with Gasteiger partial charge in [0.15, 0.2) is 0 Å². The van der Waals surface area contributed by atoms with Crippen LogP contribution < -0.4 is 0 Å². The van der Waals surface area contributed by atoms with Gasteiger partial charge in [-0.1, -0.05) is 36.4 Å². The number of hydrazone groups is 1. The highest BCUT2D eigenvalue weighted by Crippen LogP contribution is 2.05. The molecule has 0 aromatic heterocycles. The molecule has 3 heteroatoms. The summed E-state index contributed by atoms with van der Waals surface area (Å²) in [6, 6.07) is 10.3. The van der Waals surface area contributed by atoms with Crippen LogP contribution >= 0.6 is 0 Å². The predicted molar refractivity (Wildman–Crippen MR) is 71.0 cm³/mol. The van der Waals surface area contributed by atoms with Crippen LogP contribution in [0.4, 0.5) is 0 Å². The van der Waals surface area contributed by atoms with Crippen LogP contribution in [0, 0.1) is 0 Å². The number of rotatable bonds is 3. The summed E-state index contributed by atoms with van der Waals surface area (Å²) in [6.45, 7) is 5.39. The maximum Gasteiger partial charge on any atom is 0.0659 e. The number of allylic oxidation sites excluding steroid dienone is 1. The minimum atomic E-state index is 0.777. The lowest BCUT2D eigenvalue weighted by molar-refractivity contribution is 0.0397. The third kappa shape index (κ3) is 4.04. The van der Waals surface area contributed by atoms with Crippen LogP contribution in [0.1, 0.15) is 12.5 Å². The molecule has 1 saturated heterocycles. The summed E-state index contributed by atoms with van der Waals surface area (Å²) in [4.78, 5) is 0. The SMILES string of the molecule is CC(C=NN1CCOCC1)=Cc1ccccc1. The molecule has 0 saturated carbocycles. The lowest BCUT2D eigenvalue weighted by atomic mass is 10.1. The standard InChI is InChI=1S/C14H18N2O/c1-13(11-14-5-3-2-4-6-14)12-15-16-7-9-17-10-8-16/h2-6,11-12H,7-10H2,1H3. The van der Waals surface area contributed by atoms with Crippen molar-refractivity contribution in [2.45, 2.75) is 6.92 Å². The van der Waals surface area contributed by atoms with E-state index in [2.05, 4.69) is 30.2 Å². The average Bonchev–Trinajstić information content (AvgIpc) is 2.39. The molecule has 0 bridgehead atoms. The number of hydrogen-bond donors (Lipinski definition) is 0. The van der Waals surface area contributed by atoms with Crippen molar-refractivity contribution in [2.24, 2.45) is 5.10 Å². The normalized spacial score (nSPS) is 17.7. The van der Waals surface area contributed by atoms with Gasteiger partial charge in [-0.05, 0) is 18.1 Å². The first-order valence-corrected chi connectivity index (χ1v) is 5.94. The first-order chi connectivity index (χ1) is 8.34. The Balaban J connectivity index is 1.93. The van der Waals surface area contributed by atoms with Gasteiger partial charge >= 0.3 is 0 Å². The first kappa shape index (κ1) is 11.9. The van der Waals surface area contributed by atoms with Crippen LogP contribution in [-0.2, 0) is 4.74 Å². The van der Waals surface area contributed by atoms with Crippen molar-refractivity contribution in [3.8, 4) is 0 Å². The number of benzene rings is 1. The van der Waals surface area contributed by atoms with Crippen molar-refractivity contribution in [2.75, 3.05) is 26.3 Å². The highest BCUT2D eigenvalue weighted by Gasteiger charge is 2.05. The predicted octanol–water partition coefficient (Wildman–Crippen LogP) is 2.41. The van der Waals surface area contributed by atoms with Gasteiger partial charge in [0.1, 0.15) is 0 Å². The Morgan fingerprint density at radius 3 is 2.65 bits per heavy atom. The van der Waals surface area contributed by atoms with Gasteiger partial charge in [-0.15, -0.1) is 0 Å². The van der Waals surface area contributed by atoms with Crippen LogP contribution in [0.3, 0.4) is 0 Å². The first-order valence-electron chi connectivity index (χ1n) is 5.94. The third-order valence-electron chi connectivity index (χ3n) is 2.61. The van der Waals surface area contributed by atoms with Crippen LogP contribution in [0.25, 0.3) is 6.08 Å². The highest BCUT2D eigenvalue weighted by atomic mass is 16.5. The maximum absolute atomic E-state index is 5.27. The molecule has 0 radical (unpaired) electrons. The molecule has 17 heavy (non-hydrogen) atoms. The zero-order valence-electron chi connectivity index (χ0n) is 10.2. The van der Waals surface area contributed by atoms with Crippen molar-refractivity contribution >= 4 is 12.3 Å². The molecular weight excluding hydrogens is 212 g/mol. The molecular formula is C14H18N2O. The number of morpholine rings is 1. The summed E-state index contributed by atoms with van der Waals surface area (Å²) < 4.78 is 5.27. The monoisotopic (exact) mass is 230 g/mol. The molecule has 1 fully saturated rings. The summed E-state index contributed by atoms with van der Waals surface area (Å²) in [5.41, 5.74) is 2.36. The van der Waals surface area contributed by atoms with Crippen molar-refractivity contribution in [1.29, 1.82) is 0 Å². The molecule has 2 rings (SSSR count). The van der Waals surface area contributed by atoms with E-state index >= 15 is 0 Å². The second kappa shape index (κ2) is 6.21. The van der Waals surface area contributed by atoms with E-state index in [0.29, 0.717) is 0 Å². The Morgan fingerprint density at radius 2 is 1.94 bits per heavy atom. The molecule has 3 nitrogen and oxygen atoms in total. The van der Waals surface area contributed by atoms with Crippen molar-refractivity contribution in [3.63, 3.8) is 0 Å². The molecule has 0 spiro atoms. The minimum absolute atomic E-state index is 0.777. The molecule has 1 aromatic rings. The molecule has 1 aliphatic heterocycles. The molecule has 1 aromatic carbocycles. The molecule has 0 unspecified atom stereocenters. The Bertz CT molecular complexity index is 392. The van der Waals surface area contributed by atoms with Gasteiger partial charge in [-0.3, -0.25) is 5.01 Å². The molecule has 90 valence electrons. The van der Waals surface area contributed by atoms with Crippen LogP contribution in [0.2, 0.25) is 0 Å². The Labute approximate surface area is 102 Å². The molecule has 0 aliphatic carbocycles. The van der Waals surface area contributed by atoms with Crippen LogP contribution in [0.5, 0.6) is 0 Å². The highest BCUT2D eigenvalue weighted by molar-refractivity contribution is 5.84. The summed E-state index contributed by atoms with van der Waals surface area (Å²) >= 11 is 0. The van der Waals surface area contributed by atoms with E-state index in [9.17, 15) is 0 Å². The largest absolute Gasteiger partial charge is 0.378 e. The van der Waals surface area contributed by atoms with E-state index in [4.69, 9.17) is 4.74 Å². The average molecular weight is 230 g/mol. The van der Waals surface area contributed by atoms with Gasteiger partial charge in [-0.2, -0.15) is 5.10 Å². The van der Waals surface area contributed by atoms with Gasteiger partial charge in [-0.25, -0.2) is 0 Å². The number of hydrogen-bond acceptors (Lipinski definition) is 3. The van der Waals surface area contributed by atoms with E-state index in [-0.39, 0.29) is 0 Å². The molecule has 0 atom stereocenters. The summed E-state index contributed by atoms with van der Waals surface area (Å²) in [6.07, 6.45) is 4.04. The fraction of sp³-hybridized carbons (Fsp3) is 0.357. The van der Waals surface area contributed by atoms with Gasteiger partial charge in [0.05, 0.1) is 26.3 Å². The van der Waals surface area contributed by atoms with E-state index in [1.165, 1.54) is 5.56 Å². The fourth-order valence-electron chi connectivity index (χ4n) is 1.69. The van der Waals surface area contributed by atoms with Crippen LogP contribution in [-0.4, -0.2) is 37.5 Å². The van der Waals surface area contributed by atoms with Crippen molar-refractivity contribution in [1.82, 2.24) is 5.01 Å². The zero-order chi connectivity index (χ0) is 11.9. The second-order valence-corrected chi connectivity index (χ2v) is 4.11. The Hall–Kier alpha value is -1.61. The molecule has 1 aliphatic rings. The van der Waals surface area contributed by atoms with Crippen molar-refractivity contribution in [3.05, 3.63) is 41.5 Å². The third-order valence-corrected chi connectivity index (χ3v) is 2.61. The Kier molecular flexibility index (Phi) is 4.33. The zero-order valence-corrected chi connectivity index (χ0v) is 10.2.